The average Bonchev–Trinajstić information content (AvgIpc) is 2.89. The quantitative estimate of drug-likeness (QED) is 0.346. The molecule has 2 N–H and O–H groups in total. The number of isocyanates is 2. The van der Waals surface area contributed by atoms with E-state index in [1.807, 2.05) is 0 Å². The number of carbonyl (C=O) groups is 1. The van der Waals surface area contributed by atoms with Crippen molar-refractivity contribution in [2.75, 3.05) is 6.61 Å². The Morgan fingerprint density at radius 3 is 2.11 bits per heavy atom. The topological polar surface area (TPSA) is 108 Å². The lowest BCUT2D eigenvalue weighted by molar-refractivity contribution is -0.142. The van der Waals surface area contributed by atoms with Crippen LogP contribution in [0.4, 0.5) is 0 Å². The molecule has 1 aliphatic heterocycles. The zero-order valence-corrected chi connectivity index (χ0v) is 15.2. The molecule has 1 fully saturated rings. The van der Waals surface area contributed by atoms with Crippen molar-refractivity contribution in [2.45, 2.75) is 32.6 Å². The summed E-state index contributed by atoms with van der Waals surface area (Å²) in [6.07, 6.45) is 5.33. The van der Waals surface area contributed by atoms with Crippen LogP contribution in [-0.2, 0) is 19.1 Å². The van der Waals surface area contributed by atoms with Crippen LogP contribution in [0, 0.1) is 17.7 Å². The molecule has 0 radical (unpaired) electrons. The first kappa shape index (κ1) is 21.7. The van der Waals surface area contributed by atoms with Crippen LogP contribution in [-0.4, -0.2) is 24.7 Å². The number of benzene rings is 2. The maximum atomic E-state index is 10.5. The summed E-state index contributed by atoms with van der Waals surface area (Å²) < 4.78 is 4.76. The minimum atomic E-state index is -0.0255. The zero-order valence-electron chi connectivity index (χ0n) is 15.2. The van der Waals surface area contributed by atoms with Crippen LogP contribution < -0.4 is 0 Å². The molecule has 0 atom stereocenters. The van der Waals surface area contributed by atoms with Gasteiger partial charge in [-0.25, -0.2) is 20.4 Å². The molecule has 6 nitrogen and oxygen atoms in total. The van der Waals surface area contributed by atoms with Gasteiger partial charge >= 0.3 is 5.97 Å². The number of aryl methyl sites for hydroxylation is 1. The highest BCUT2D eigenvalue weighted by atomic mass is 16.5. The summed E-state index contributed by atoms with van der Waals surface area (Å²) in [6.45, 7) is 2.81. The fraction of sp³-hybridized carbons (Fsp3) is 0.286. The van der Waals surface area contributed by atoms with Gasteiger partial charge in [-0.2, -0.15) is 0 Å². The molecule has 0 aromatic heterocycles. The van der Waals surface area contributed by atoms with Crippen molar-refractivity contribution >= 4 is 18.1 Å². The molecule has 1 saturated heterocycles. The molecule has 2 aromatic carbocycles. The lowest BCUT2D eigenvalue weighted by Gasteiger charge is -2.25. The molecule has 27 heavy (non-hydrogen) atoms. The van der Waals surface area contributed by atoms with E-state index >= 15 is 0 Å². The van der Waals surface area contributed by atoms with Gasteiger partial charge in [-0.3, -0.25) is 4.79 Å². The molecule has 140 valence electrons. The molecule has 2 aromatic rings. The minimum absolute atomic E-state index is 0.0255. The van der Waals surface area contributed by atoms with E-state index in [-0.39, 0.29) is 5.97 Å². The second-order valence-electron chi connectivity index (χ2n) is 5.78. The zero-order chi connectivity index (χ0) is 20.1. The van der Waals surface area contributed by atoms with E-state index in [4.69, 9.17) is 25.1 Å². The highest BCUT2D eigenvalue weighted by molar-refractivity contribution is 6.03. The molecule has 2 aliphatic rings. The number of rotatable bonds is 0. The summed E-state index contributed by atoms with van der Waals surface area (Å²) in [4.78, 5) is 27.2. The predicted molar refractivity (Wildman–Crippen MR) is 102 cm³/mol. The lowest BCUT2D eigenvalue weighted by Crippen LogP contribution is -2.00. The van der Waals surface area contributed by atoms with E-state index in [2.05, 4.69) is 49.4 Å². The Labute approximate surface area is 158 Å². The minimum Gasteiger partial charge on any atom is -0.466 e. The second kappa shape index (κ2) is 12.1. The second-order valence-corrected chi connectivity index (χ2v) is 5.78. The Morgan fingerprint density at radius 1 is 0.852 bits per heavy atom. The number of ether oxygens (including phenoxy) is 1. The number of nitrogens with one attached hydrogen (secondary N) is 2. The third kappa shape index (κ3) is 6.48. The van der Waals surface area contributed by atoms with Crippen molar-refractivity contribution in [1.82, 2.24) is 0 Å². The van der Waals surface area contributed by atoms with E-state index in [1.54, 1.807) is 0 Å². The molecular formula is C21H22N2O4. The van der Waals surface area contributed by atoms with Gasteiger partial charge < -0.3 is 4.74 Å². The Balaban J connectivity index is 0.000000224. The van der Waals surface area contributed by atoms with Gasteiger partial charge in [0.1, 0.15) is 0 Å². The van der Waals surface area contributed by atoms with Crippen molar-refractivity contribution in [3.63, 3.8) is 0 Å². The Hall–Kier alpha value is -3.33. The maximum absolute atomic E-state index is 10.5. The molecule has 0 amide bonds. The molecule has 0 unspecified atom stereocenters. The van der Waals surface area contributed by atoms with E-state index in [0.29, 0.717) is 13.0 Å². The van der Waals surface area contributed by atoms with Gasteiger partial charge in [-0.15, -0.1) is 0 Å². The molecule has 4 rings (SSSR count). The van der Waals surface area contributed by atoms with Gasteiger partial charge in [0.25, 0.3) is 0 Å². The van der Waals surface area contributed by atoms with Crippen LogP contribution in [0.1, 0.15) is 31.2 Å². The van der Waals surface area contributed by atoms with Crippen molar-refractivity contribution < 1.29 is 19.1 Å². The summed E-state index contributed by atoms with van der Waals surface area (Å²) in [6, 6.07) is 15.1. The molecule has 1 aliphatic carbocycles. The molecule has 6 heteroatoms. The summed E-state index contributed by atoms with van der Waals surface area (Å²) >= 11 is 0. The van der Waals surface area contributed by atoms with Gasteiger partial charge in [-0.05, 0) is 54.0 Å². The molecular weight excluding hydrogens is 344 g/mol. The summed E-state index contributed by atoms with van der Waals surface area (Å²) in [5.74, 6) is -0.0255. The first-order chi connectivity index (χ1) is 13.1. The van der Waals surface area contributed by atoms with Crippen molar-refractivity contribution in [2.24, 2.45) is 0 Å². The Morgan fingerprint density at radius 2 is 1.44 bits per heavy atom. The number of fused-ring (bicyclic) bond motifs is 4. The fourth-order valence-electron chi connectivity index (χ4n) is 2.93. The van der Waals surface area contributed by atoms with Crippen molar-refractivity contribution in [3.05, 3.63) is 48.0 Å². The van der Waals surface area contributed by atoms with Crippen LogP contribution in [0.25, 0.3) is 22.3 Å². The van der Waals surface area contributed by atoms with Gasteiger partial charge in [-0.1, -0.05) is 42.5 Å². The fourth-order valence-corrected chi connectivity index (χ4v) is 2.93. The molecule has 0 spiro atoms. The van der Waals surface area contributed by atoms with Crippen molar-refractivity contribution in [1.29, 1.82) is 10.8 Å². The van der Waals surface area contributed by atoms with Crippen LogP contribution >= 0.6 is 0 Å². The standard InChI is InChI=1S/C13H10.C6H10O2.2CHNO/c1-9-5-4-8-12-10-6-2-3-7-11(10)13(9)12;7-6-4-2-1-3-5-8-6;2*2-1-3/h2-8H,1H3;1-5H2;2*2H. The number of cyclic esters (lactones) is 1. The van der Waals surface area contributed by atoms with Crippen LogP contribution in [0.2, 0.25) is 0 Å². The molecule has 0 saturated carbocycles. The smallest absolute Gasteiger partial charge is 0.305 e. The largest absolute Gasteiger partial charge is 0.466 e. The monoisotopic (exact) mass is 366 g/mol. The predicted octanol–water partition coefficient (Wildman–Crippen LogP) is 4.55. The first-order valence-electron chi connectivity index (χ1n) is 8.53. The molecule has 1 heterocycles. The maximum Gasteiger partial charge on any atom is 0.305 e. The number of hydrogen-bond acceptors (Lipinski definition) is 6. The third-order valence-corrected chi connectivity index (χ3v) is 4.05. The summed E-state index contributed by atoms with van der Waals surface area (Å²) in [5.41, 5.74) is 7.06. The normalized spacial score (nSPS) is 12.6. The average molecular weight is 366 g/mol. The van der Waals surface area contributed by atoms with Crippen LogP contribution in [0.5, 0.6) is 0 Å². The number of carbonyl (C=O) groups excluding carboxylic acids is 3. The summed E-state index contributed by atoms with van der Waals surface area (Å²) in [7, 11) is 0. The summed E-state index contributed by atoms with van der Waals surface area (Å²) in [5, 5.41) is 10.8. The van der Waals surface area contributed by atoms with Gasteiger partial charge in [0.05, 0.1) is 6.61 Å². The van der Waals surface area contributed by atoms with E-state index in [1.165, 1.54) is 27.8 Å². The Bertz CT molecular complexity index is 812. The van der Waals surface area contributed by atoms with E-state index in [9.17, 15) is 4.79 Å². The van der Waals surface area contributed by atoms with E-state index < -0.39 is 0 Å². The van der Waals surface area contributed by atoms with Crippen molar-refractivity contribution in [3.8, 4) is 22.3 Å². The van der Waals surface area contributed by atoms with E-state index in [0.717, 1.165) is 31.4 Å². The number of esters is 1. The van der Waals surface area contributed by atoms with Crippen LogP contribution in [0.3, 0.4) is 0 Å². The molecule has 0 bridgehead atoms. The SMILES string of the molecule is Cc1cccc2c1-c1ccccc1-2.N=C=O.N=C=O.O=C1CCCCCO1. The van der Waals surface area contributed by atoms with Crippen LogP contribution in [0.15, 0.2) is 42.5 Å². The third-order valence-electron chi connectivity index (χ3n) is 4.05. The highest BCUT2D eigenvalue weighted by Gasteiger charge is 2.22. The Kier molecular flexibility index (Phi) is 9.72. The van der Waals surface area contributed by atoms with Gasteiger partial charge in [0.2, 0.25) is 12.2 Å². The van der Waals surface area contributed by atoms with Gasteiger partial charge in [0, 0.05) is 6.42 Å². The first-order valence-corrected chi connectivity index (χ1v) is 8.53. The highest BCUT2D eigenvalue weighted by Crippen LogP contribution is 2.48. The van der Waals surface area contributed by atoms with Gasteiger partial charge in [0.15, 0.2) is 0 Å². The number of hydrogen-bond donors (Lipinski definition) is 2. The lowest BCUT2D eigenvalue weighted by atomic mass is 9.78.